The quantitative estimate of drug-likeness (QED) is 0.758. The number of aromatic nitrogens is 1. The number of hydrogen-bond acceptors (Lipinski definition) is 1. The van der Waals surface area contributed by atoms with Crippen LogP contribution in [0, 0.1) is 11.3 Å². The number of hydrogen-bond donors (Lipinski definition) is 1. The van der Waals surface area contributed by atoms with Crippen LogP contribution >= 0.6 is 11.6 Å². The summed E-state index contributed by atoms with van der Waals surface area (Å²) in [5.74, 6) is 0. The van der Waals surface area contributed by atoms with E-state index in [1.165, 1.54) is 0 Å². The Bertz CT molecular complexity index is 480. The normalized spacial score (nSPS) is 9.71. The molecule has 0 spiro atoms. The fourth-order valence-electron chi connectivity index (χ4n) is 1.36. The fourth-order valence-corrected chi connectivity index (χ4v) is 1.58. The molecule has 0 aliphatic heterocycles. The third kappa shape index (κ3) is 1.39. The summed E-state index contributed by atoms with van der Waals surface area (Å²) in [6, 6.07) is 11.3. The van der Waals surface area contributed by atoms with Gasteiger partial charge in [0, 0.05) is 17.5 Å². The lowest BCUT2D eigenvalue weighted by Gasteiger charge is -2.02. The number of nitriles is 1. The van der Waals surface area contributed by atoms with Crippen molar-refractivity contribution in [3.8, 4) is 17.3 Å². The van der Waals surface area contributed by atoms with E-state index in [-0.39, 0.29) is 0 Å². The summed E-state index contributed by atoms with van der Waals surface area (Å²) in [7, 11) is 0. The zero-order valence-corrected chi connectivity index (χ0v) is 8.05. The van der Waals surface area contributed by atoms with Gasteiger partial charge in [0.1, 0.15) is 6.07 Å². The predicted octanol–water partition coefficient (Wildman–Crippen LogP) is 3.21. The SMILES string of the molecule is N#Cc1c(Cl)cccc1-c1ccc[nH]1. The molecule has 0 unspecified atom stereocenters. The van der Waals surface area contributed by atoms with Crippen molar-refractivity contribution >= 4 is 11.6 Å². The van der Waals surface area contributed by atoms with Crippen LogP contribution in [-0.4, -0.2) is 4.98 Å². The van der Waals surface area contributed by atoms with Crippen molar-refractivity contribution in [3.63, 3.8) is 0 Å². The second-order valence-electron chi connectivity index (χ2n) is 2.86. The van der Waals surface area contributed by atoms with Crippen LogP contribution in [0.25, 0.3) is 11.3 Å². The number of nitrogens with one attached hydrogen (secondary N) is 1. The lowest BCUT2D eigenvalue weighted by atomic mass is 10.1. The van der Waals surface area contributed by atoms with Gasteiger partial charge in [0.15, 0.2) is 0 Å². The van der Waals surface area contributed by atoms with Crippen molar-refractivity contribution in [2.24, 2.45) is 0 Å². The average molecular weight is 203 g/mol. The topological polar surface area (TPSA) is 39.6 Å². The monoisotopic (exact) mass is 202 g/mol. The van der Waals surface area contributed by atoms with Crippen molar-refractivity contribution in [3.05, 3.63) is 47.1 Å². The second-order valence-corrected chi connectivity index (χ2v) is 3.27. The molecule has 1 aromatic heterocycles. The van der Waals surface area contributed by atoms with E-state index in [4.69, 9.17) is 16.9 Å². The van der Waals surface area contributed by atoms with Gasteiger partial charge in [0.25, 0.3) is 0 Å². The molecule has 1 N–H and O–H groups in total. The summed E-state index contributed by atoms with van der Waals surface area (Å²) < 4.78 is 0. The highest BCUT2D eigenvalue weighted by molar-refractivity contribution is 6.32. The summed E-state index contributed by atoms with van der Waals surface area (Å²) in [4.78, 5) is 3.05. The molecule has 14 heavy (non-hydrogen) atoms. The first-order valence-corrected chi connectivity index (χ1v) is 4.53. The van der Waals surface area contributed by atoms with Crippen LogP contribution in [0.1, 0.15) is 5.56 Å². The third-order valence-corrected chi connectivity index (χ3v) is 2.33. The lowest BCUT2D eigenvalue weighted by molar-refractivity contribution is 1.38. The Morgan fingerprint density at radius 3 is 2.71 bits per heavy atom. The van der Waals surface area contributed by atoms with E-state index in [1.807, 2.05) is 30.5 Å². The van der Waals surface area contributed by atoms with E-state index in [0.29, 0.717) is 10.6 Å². The van der Waals surface area contributed by atoms with Crippen LogP contribution < -0.4 is 0 Å². The van der Waals surface area contributed by atoms with Gasteiger partial charge in [-0.15, -0.1) is 0 Å². The number of H-pyrrole nitrogens is 1. The van der Waals surface area contributed by atoms with E-state index in [1.54, 1.807) is 6.07 Å². The Balaban J connectivity index is 2.66. The molecule has 2 aromatic rings. The molecular formula is C11H7ClN2. The number of nitrogens with zero attached hydrogens (tertiary/aromatic N) is 1. The highest BCUT2D eigenvalue weighted by Crippen LogP contribution is 2.26. The molecule has 0 saturated heterocycles. The van der Waals surface area contributed by atoms with Gasteiger partial charge in [0.05, 0.1) is 10.6 Å². The molecule has 0 atom stereocenters. The summed E-state index contributed by atoms with van der Waals surface area (Å²) in [5, 5.41) is 9.44. The summed E-state index contributed by atoms with van der Waals surface area (Å²) in [6.45, 7) is 0. The van der Waals surface area contributed by atoms with Gasteiger partial charge in [-0.25, -0.2) is 0 Å². The van der Waals surface area contributed by atoms with E-state index in [2.05, 4.69) is 11.1 Å². The molecule has 1 heterocycles. The lowest BCUT2D eigenvalue weighted by Crippen LogP contribution is -1.85. The molecule has 0 amide bonds. The first-order chi connectivity index (χ1) is 6.83. The van der Waals surface area contributed by atoms with Gasteiger partial charge < -0.3 is 4.98 Å². The first kappa shape index (κ1) is 8.86. The zero-order chi connectivity index (χ0) is 9.97. The van der Waals surface area contributed by atoms with Gasteiger partial charge in [-0.05, 0) is 18.2 Å². The molecule has 3 heteroatoms. The Labute approximate surface area is 86.8 Å². The second kappa shape index (κ2) is 3.57. The van der Waals surface area contributed by atoms with Crippen LogP contribution in [0.3, 0.4) is 0 Å². The Hall–Kier alpha value is -1.72. The van der Waals surface area contributed by atoms with Crippen LogP contribution in [0.15, 0.2) is 36.5 Å². The van der Waals surface area contributed by atoms with Crippen molar-refractivity contribution < 1.29 is 0 Å². The van der Waals surface area contributed by atoms with Gasteiger partial charge in [-0.1, -0.05) is 23.7 Å². The Morgan fingerprint density at radius 1 is 1.21 bits per heavy atom. The summed E-state index contributed by atoms with van der Waals surface area (Å²) in [6.07, 6.45) is 1.82. The van der Waals surface area contributed by atoms with Gasteiger partial charge >= 0.3 is 0 Å². The average Bonchev–Trinajstić information content (AvgIpc) is 2.70. The maximum Gasteiger partial charge on any atom is 0.101 e. The van der Waals surface area contributed by atoms with Crippen LogP contribution in [0.4, 0.5) is 0 Å². The molecule has 2 nitrogen and oxygen atoms in total. The smallest absolute Gasteiger partial charge is 0.101 e. The fraction of sp³-hybridized carbons (Fsp3) is 0. The van der Waals surface area contributed by atoms with Gasteiger partial charge in [-0.3, -0.25) is 0 Å². The molecule has 0 saturated carbocycles. The number of rotatable bonds is 1. The largest absolute Gasteiger partial charge is 0.361 e. The van der Waals surface area contributed by atoms with Crippen LogP contribution in [0.2, 0.25) is 5.02 Å². The third-order valence-electron chi connectivity index (χ3n) is 2.01. The molecule has 0 fully saturated rings. The van der Waals surface area contributed by atoms with E-state index in [0.717, 1.165) is 11.3 Å². The van der Waals surface area contributed by atoms with E-state index < -0.39 is 0 Å². The Kier molecular flexibility index (Phi) is 2.26. The number of aromatic amines is 1. The zero-order valence-electron chi connectivity index (χ0n) is 7.29. The highest BCUT2D eigenvalue weighted by atomic mass is 35.5. The summed E-state index contributed by atoms with van der Waals surface area (Å²) in [5.41, 5.74) is 2.26. The van der Waals surface area contributed by atoms with E-state index in [9.17, 15) is 0 Å². The van der Waals surface area contributed by atoms with Crippen molar-refractivity contribution in [2.75, 3.05) is 0 Å². The summed E-state index contributed by atoms with van der Waals surface area (Å²) >= 11 is 5.91. The molecule has 0 aliphatic rings. The number of halogens is 1. The molecule has 0 radical (unpaired) electrons. The number of benzene rings is 1. The Morgan fingerprint density at radius 2 is 2.07 bits per heavy atom. The standard InChI is InChI=1S/C11H7ClN2/c12-10-4-1-3-8(9(10)7-13)11-5-2-6-14-11/h1-6,14H. The minimum Gasteiger partial charge on any atom is -0.361 e. The van der Waals surface area contributed by atoms with E-state index >= 15 is 0 Å². The molecule has 0 aliphatic carbocycles. The molecular weight excluding hydrogens is 196 g/mol. The maximum atomic E-state index is 8.95. The minimum absolute atomic E-state index is 0.486. The minimum atomic E-state index is 0.486. The molecule has 2 rings (SSSR count). The highest BCUT2D eigenvalue weighted by Gasteiger charge is 2.07. The maximum absolute atomic E-state index is 8.95. The van der Waals surface area contributed by atoms with Crippen molar-refractivity contribution in [2.45, 2.75) is 0 Å². The molecule has 68 valence electrons. The molecule has 0 bridgehead atoms. The van der Waals surface area contributed by atoms with Gasteiger partial charge in [0.2, 0.25) is 0 Å². The van der Waals surface area contributed by atoms with Crippen LogP contribution in [0.5, 0.6) is 0 Å². The van der Waals surface area contributed by atoms with Crippen molar-refractivity contribution in [1.29, 1.82) is 5.26 Å². The van der Waals surface area contributed by atoms with Gasteiger partial charge in [-0.2, -0.15) is 5.26 Å². The first-order valence-electron chi connectivity index (χ1n) is 4.15. The van der Waals surface area contributed by atoms with Crippen molar-refractivity contribution in [1.82, 2.24) is 4.98 Å². The van der Waals surface area contributed by atoms with Crippen LogP contribution in [-0.2, 0) is 0 Å². The predicted molar refractivity (Wildman–Crippen MR) is 56.0 cm³/mol. The molecule has 1 aromatic carbocycles.